The van der Waals surface area contributed by atoms with Gasteiger partial charge >= 0.3 is 0 Å². The normalized spacial score (nSPS) is 11.5. The van der Waals surface area contributed by atoms with Crippen LogP contribution in [0.5, 0.6) is 0 Å². The summed E-state index contributed by atoms with van der Waals surface area (Å²) >= 11 is 1.74. The lowest BCUT2D eigenvalue weighted by Gasteiger charge is -2.09. The summed E-state index contributed by atoms with van der Waals surface area (Å²) in [5.41, 5.74) is 6.54. The third-order valence-corrected chi connectivity index (χ3v) is 4.39. The van der Waals surface area contributed by atoms with E-state index in [9.17, 15) is 8.42 Å². The number of hydrogen-bond donors (Lipinski definition) is 4. The van der Waals surface area contributed by atoms with Crippen LogP contribution in [-0.2, 0) is 10.0 Å². The van der Waals surface area contributed by atoms with E-state index in [-0.39, 0.29) is 17.2 Å². The summed E-state index contributed by atoms with van der Waals surface area (Å²) < 4.78 is 22.4. The van der Waals surface area contributed by atoms with Crippen molar-refractivity contribution >= 4 is 33.2 Å². The van der Waals surface area contributed by atoms with E-state index in [2.05, 4.69) is 5.32 Å². The lowest BCUT2D eigenvalue weighted by molar-refractivity contribution is 0.296. The zero-order chi connectivity index (χ0) is 14.3. The molecule has 8 heteroatoms. The quantitative estimate of drug-likeness (QED) is 0.409. The summed E-state index contributed by atoms with van der Waals surface area (Å²) in [5.74, 6) is 1.82. The maximum atomic E-state index is 11.2. The molecule has 0 heterocycles. The fraction of sp³-hybridized carbons (Fsp3) is 0.455. The van der Waals surface area contributed by atoms with E-state index in [0.29, 0.717) is 0 Å². The number of nitrogen functional groups attached to an aromatic ring is 1. The summed E-state index contributed by atoms with van der Waals surface area (Å²) in [5, 5.41) is 16.8. The number of thioether (sulfide) groups is 1. The van der Waals surface area contributed by atoms with Crippen molar-refractivity contribution in [3.8, 4) is 0 Å². The Morgan fingerprint density at radius 1 is 1.32 bits per heavy atom. The molecule has 0 aliphatic carbocycles. The highest BCUT2D eigenvalue weighted by Gasteiger charge is 2.11. The van der Waals surface area contributed by atoms with E-state index in [1.54, 1.807) is 23.9 Å². The Hall–Kier alpha value is -0.960. The zero-order valence-electron chi connectivity index (χ0n) is 10.5. The van der Waals surface area contributed by atoms with Gasteiger partial charge in [0, 0.05) is 24.6 Å². The molecule has 0 radical (unpaired) electrons. The van der Waals surface area contributed by atoms with Crippen LogP contribution in [0, 0.1) is 0 Å². The summed E-state index contributed by atoms with van der Waals surface area (Å²) in [4.78, 5) is -0.0598. The first kappa shape index (κ1) is 16.1. The molecule has 0 spiro atoms. The third-order valence-electron chi connectivity index (χ3n) is 2.34. The summed E-state index contributed by atoms with van der Waals surface area (Å²) in [7, 11) is -3.77. The SMILES string of the molecule is Nc1cc(NCCSCCCO)ccc1S(N)(=O)=O. The molecule has 6 N–H and O–H groups in total. The van der Waals surface area contributed by atoms with Crippen molar-refractivity contribution in [3.63, 3.8) is 0 Å². The lowest BCUT2D eigenvalue weighted by Crippen LogP contribution is -2.14. The van der Waals surface area contributed by atoms with Crippen LogP contribution in [0.25, 0.3) is 0 Å². The molecule has 108 valence electrons. The number of primary sulfonamides is 1. The van der Waals surface area contributed by atoms with Crippen molar-refractivity contribution in [2.24, 2.45) is 5.14 Å². The van der Waals surface area contributed by atoms with E-state index in [1.165, 1.54) is 6.07 Å². The summed E-state index contributed by atoms with van der Waals surface area (Å²) in [6.07, 6.45) is 0.792. The van der Waals surface area contributed by atoms with Gasteiger partial charge in [0.1, 0.15) is 4.90 Å². The Morgan fingerprint density at radius 2 is 2.05 bits per heavy atom. The molecule has 0 aliphatic rings. The summed E-state index contributed by atoms with van der Waals surface area (Å²) in [6, 6.07) is 4.58. The number of rotatable bonds is 8. The van der Waals surface area contributed by atoms with Gasteiger partial charge in [-0.3, -0.25) is 0 Å². The average molecular weight is 305 g/mol. The minimum atomic E-state index is -3.77. The molecule has 0 saturated heterocycles. The van der Waals surface area contributed by atoms with Crippen molar-refractivity contribution in [1.29, 1.82) is 0 Å². The number of benzene rings is 1. The topological polar surface area (TPSA) is 118 Å². The molecule has 1 aromatic carbocycles. The highest BCUT2D eigenvalue weighted by molar-refractivity contribution is 7.99. The first-order valence-corrected chi connectivity index (χ1v) is 8.50. The monoisotopic (exact) mass is 305 g/mol. The van der Waals surface area contributed by atoms with Gasteiger partial charge in [0.25, 0.3) is 0 Å². The first-order chi connectivity index (χ1) is 8.95. The average Bonchev–Trinajstić information content (AvgIpc) is 2.32. The van der Waals surface area contributed by atoms with Crippen LogP contribution in [0.4, 0.5) is 11.4 Å². The van der Waals surface area contributed by atoms with Gasteiger partial charge in [0.05, 0.1) is 5.69 Å². The molecule has 0 amide bonds. The molecule has 6 nitrogen and oxygen atoms in total. The van der Waals surface area contributed by atoms with E-state index in [4.69, 9.17) is 16.0 Å². The Kier molecular flexibility index (Phi) is 6.43. The van der Waals surface area contributed by atoms with Gasteiger partial charge in [-0.25, -0.2) is 13.6 Å². The van der Waals surface area contributed by atoms with Crippen molar-refractivity contribution < 1.29 is 13.5 Å². The number of aliphatic hydroxyl groups excluding tert-OH is 1. The first-order valence-electron chi connectivity index (χ1n) is 5.80. The Balaban J connectivity index is 2.46. The predicted molar refractivity (Wildman–Crippen MR) is 79.7 cm³/mol. The van der Waals surface area contributed by atoms with Crippen molar-refractivity contribution in [1.82, 2.24) is 0 Å². The van der Waals surface area contributed by atoms with Gasteiger partial charge in [-0.15, -0.1) is 0 Å². The predicted octanol–water partition coefficient (Wildman–Crippen LogP) is 0.444. The van der Waals surface area contributed by atoms with Crippen LogP contribution < -0.4 is 16.2 Å². The Bertz CT molecular complexity index is 506. The van der Waals surface area contributed by atoms with Crippen LogP contribution in [-0.4, -0.2) is 38.2 Å². The second-order valence-electron chi connectivity index (χ2n) is 3.91. The number of hydrogen-bond acceptors (Lipinski definition) is 6. The van der Waals surface area contributed by atoms with Crippen molar-refractivity contribution in [3.05, 3.63) is 18.2 Å². The second kappa shape index (κ2) is 7.59. The second-order valence-corrected chi connectivity index (χ2v) is 6.67. The van der Waals surface area contributed by atoms with Gasteiger partial charge in [-0.2, -0.15) is 11.8 Å². The minimum Gasteiger partial charge on any atom is -0.398 e. The molecular formula is C11H19N3O3S2. The fourth-order valence-corrected chi connectivity index (χ4v) is 2.88. The molecule has 0 saturated carbocycles. The Morgan fingerprint density at radius 3 is 2.63 bits per heavy atom. The number of nitrogens with two attached hydrogens (primary N) is 2. The number of sulfonamides is 1. The molecule has 19 heavy (non-hydrogen) atoms. The molecule has 0 unspecified atom stereocenters. The minimum absolute atomic E-state index is 0.0598. The maximum Gasteiger partial charge on any atom is 0.240 e. The lowest BCUT2D eigenvalue weighted by atomic mass is 10.3. The fourth-order valence-electron chi connectivity index (χ4n) is 1.45. The molecule has 0 atom stereocenters. The van der Waals surface area contributed by atoms with Crippen LogP contribution >= 0.6 is 11.8 Å². The van der Waals surface area contributed by atoms with E-state index in [1.807, 2.05) is 0 Å². The van der Waals surface area contributed by atoms with Gasteiger partial charge in [0.2, 0.25) is 10.0 Å². The number of nitrogens with one attached hydrogen (secondary N) is 1. The largest absolute Gasteiger partial charge is 0.398 e. The van der Waals surface area contributed by atoms with Crippen LogP contribution in [0.15, 0.2) is 23.1 Å². The molecule has 0 aliphatic heterocycles. The van der Waals surface area contributed by atoms with Gasteiger partial charge in [-0.05, 0) is 30.4 Å². The van der Waals surface area contributed by atoms with E-state index in [0.717, 1.165) is 30.2 Å². The molecule has 0 fully saturated rings. The van der Waals surface area contributed by atoms with Gasteiger partial charge in [-0.1, -0.05) is 0 Å². The standard InChI is InChI=1S/C11H19N3O3S2/c12-10-8-9(2-3-11(10)19(13,16)17)14-4-7-18-6-1-5-15/h2-3,8,14-15H,1,4-7,12H2,(H2,13,16,17). The molecular weight excluding hydrogens is 286 g/mol. The molecule has 0 bridgehead atoms. The van der Waals surface area contributed by atoms with E-state index < -0.39 is 10.0 Å². The summed E-state index contributed by atoms with van der Waals surface area (Å²) in [6.45, 7) is 0.955. The molecule has 1 aromatic rings. The van der Waals surface area contributed by atoms with Crippen molar-refractivity contribution in [2.75, 3.05) is 35.7 Å². The molecule has 0 aromatic heterocycles. The maximum absolute atomic E-state index is 11.2. The van der Waals surface area contributed by atoms with Gasteiger partial charge in [0.15, 0.2) is 0 Å². The third kappa shape index (κ3) is 5.68. The highest BCUT2D eigenvalue weighted by atomic mass is 32.2. The zero-order valence-corrected chi connectivity index (χ0v) is 12.1. The van der Waals surface area contributed by atoms with Gasteiger partial charge < -0.3 is 16.2 Å². The van der Waals surface area contributed by atoms with E-state index >= 15 is 0 Å². The highest BCUT2D eigenvalue weighted by Crippen LogP contribution is 2.21. The van der Waals surface area contributed by atoms with Crippen LogP contribution in [0.2, 0.25) is 0 Å². The smallest absolute Gasteiger partial charge is 0.240 e. The Labute approximate surface area is 117 Å². The number of aliphatic hydroxyl groups is 1. The molecule has 1 rings (SSSR count). The number of anilines is 2. The van der Waals surface area contributed by atoms with Crippen LogP contribution in [0.1, 0.15) is 6.42 Å². The van der Waals surface area contributed by atoms with Crippen molar-refractivity contribution in [2.45, 2.75) is 11.3 Å². The van der Waals surface area contributed by atoms with Crippen LogP contribution in [0.3, 0.4) is 0 Å².